The minimum Gasteiger partial charge on any atom is -0.423 e. The summed E-state index contributed by atoms with van der Waals surface area (Å²) in [5.41, 5.74) is 0.324. The Balaban J connectivity index is 4.43. The molecule has 0 radical (unpaired) electrons. The standard InChI is InChI=1S/C7H8BNO2/c1-3-7(5-9)4-6(2)8(10)11/h3-4,10-11H,1-2H2/b7-4+. The second-order valence-electron chi connectivity index (χ2n) is 1.86. The van der Waals surface area contributed by atoms with Gasteiger partial charge in [-0.25, -0.2) is 0 Å². The van der Waals surface area contributed by atoms with Crippen molar-refractivity contribution in [3.05, 3.63) is 36.4 Å². The Hall–Kier alpha value is -1.31. The maximum Gasteiger partial charge on any atom is 0.487 e. The molecule has 0 heterocycles. The fourth-order valence-corrected chi connectivity index (χ4v) is 0.411. The van der Waals surface area contributed by atoms with Gasteiger partial charge in [0.2, 0.25) is 0 Å². The molecule has 3 nitrogen and oxygen atoms in total. The zero-order chi connectivity index (χ0) is 8.85. The average molecular weight is 149 g/mol. The second kappa shape index (κ2) is 4.50. The number of rotatable bonds is 3. The number of allylic oxidation sites excluding steroid dienone is 4. The Morgan fingerprint density at radius 2 is 2.09 bits per heavy atom. The van der Waals surface area contributed by atoms with Gasteiger partial charge in [-0.2, -0.15) is 5.26 Å². The van der Waals surface area contributed by atoms with Crippen molar-refractivity contribution in [3.63, 3.8) is 0 Å². The van der Waals surface area contributed by atoms with Crippen LogP contribution in [0.4, 0.5) is 0 Å². The van der Waals surface area contributed by atoms with Crippen LogP contribution in [-0.4, -0.2) is 17.2 Å². The number of nitrogens with zero attached hydrogens (tertiary/aromatic N) is 1. The molecular weight excluding hydrogens is 141 g/mol. The van der Waals surface area contributed by atoms with Crippen LogP contribution in [0.1, 0.15) is 0 Å². The smallest absolute Gasteiger partial charge is 0.423 e. The lowest BCUT2D eigenvalue weighted by Gasteiger charge is -1.95. The van der Waals surface area contributed by atoms with Crippen LogP contribution in [0.3, 0.4) is 0 Å². The van der Waals surface area contributed by atoms with Gasteiger partial charge in [-0.1, -0.05) is 19.2 Å². The van der Waals surface area contributed by atoms with E-state index in [1.807, 2.05) is 0 Å². The molecule has 4 heteroatoms. The summed E-state index contributed by atoms with van der Waals surface area (Å²) in [5.74, 6) is 0. The molecule has 0 aromatic rings. The molecule has 0 aliphatic rings. The van der Waals surface area contributed by atoms with E-state index in [0.717, 1.165) is 0 Å². The third kappa shape index (κ3) is 3.41. The van der Waals surface area contributed by atoms with Crippen LogP contribution >= 0.6 is 0 Å². The Morgan fingerprint density at radius 1 is 1.55 bits per heavy atom. The van der Waals surface area contributed by atoms with Crippen LogP contribution in [-0.2, 0) is 0 Å². The van der Waals surface area contributed by atoms with Crippen molar-refractivity contribution >= 4 is 7.12 Å². The summed E-state index contributed by atoms with van der Waals surface area (Å²) >= 11 is 0. The fourth-order valence-electron chi connectivity index (χ4n) is 0.411. The van der Waals surface area contributed by atoms with Crippen molar-refractivity contribution in [2.75, 3.05) is 0 Å². The summed E-state index contributed by atoms with van der Waals surface area (Å²) in [6.07, 6.45) is 2.57. The lowest BCUT2D eigenvalue weighted by Crippen LogP contribution is -2.12. The minimum atomic E-state index is -1.61. The van der Waals surface area contributed by atoms with Gasteiger partial charge >= 0.3 is 7.12 Å². The van der Waals surface area contributed by atoms with Gasteiger partial charge in [-0.3, -0.25) is 0 Å². The van der Waals surface area contributed by atoms with E-state index in [9.17, 15) is 0 Å². The molecule has 0 aliphatic carbocycles. The highest BCUT2D eigenvalue weighted by molar-refractivity contribution is 6.51. The van der Waals surface area contributed by atoms with Gasteiger partial charge in [-0.05, 0) is 11.5 Å². The summed E-state index contributed by atoms with van der Waals surface area (Å²) in [6.45, 7) is 6.66. The summed E-state index contributed by atoms with van der Waals surface area (Å²) in [6, 6.07) is 1.80. The van der Waals surface area contributed by atoms with Crippen LogP contribution in [0.2, 0.25) is 0 Å². The molecule has 0 aliphatic heterocycles. The number of nitriles is 1. The molecule has 2 N–H and O–H groups in total. The quantitative estimate of drug-likeness (QED) is 0.342. The monoisotopic (exact) mass is 149 g/mol. The molecule has 11 heavy (non-hydrogen) atoms. The van der Waals surface area contributed by atoms with Crippen LogP contribution in [0.25, 0.3) is 0 Å². The van der Waals surface area contributed by atoms with Crippen molar-refractivity contribution in [3.8, 4) is 6.07 Å². The molecule has 0 atom stereocenters. The molecule has 56 valence electrons. The lowest BCUT2D eigenvalue weighted by atomic mass is 9.80. The van der Waals surface area contributed by atoms with E-state index < -0.39 is 7.12 Å². The third-order valence-corrected chi connectivity index (χ3v) is 1.02. The van der Waals surface area contributed by atoms with Gasteiger partial charge in [-0.15, -0.1) is 0 Å². The zero-order valence-electron chi connectivity index (χ0n) is 5.99. The van der Waals surface area contributed by atoms with Gasteiger partial charge in [0.15, 0.2) is 0 Å². The van der Waals surface area contributed by atoms with E-state index in [2.05, 4.69) is 13.2 Å². The topological polar surface area (TPSA) is 64.2 Å². The van der Waals surface area contributed by atoms with E-state index in [4.69, 9.17) is 15.3 Å². The van der Waals surface area contributed by atoms with E-state index in [0.29, 0.717) is 0 Å². The number of hydrogen-bond acceptors (Lipinski definition) is 3. The SMILES string of the molecule is C=C/C(C#N)=C\C(=C)B(O)O. The van der Waals surface area contributed by atoms with Crippen LogP contribution < -0.4 is 0 Å². The maximum absolute atomic E-state index is 8.53. The Kier molecular flexibility index (Phi) is 3.97. The molecule has 0 aromatic heterocycles. The van der Waals surface area contributed by atoms with E-state index in [1.54, 1.807) is 6.07 Å². The minimum absolute atomic E-state index is 0.0708. The van der Waals surface area contributed by atoms with Crippen LogP contribution in [0.5, 0.6) is 0 Å². The van der Waals surface area contributed by atoms with Gasteiger partial charge in [0.05, 0.1) is 11.6 Å². The molecule has 0 saturated heterocycles. The number of hydrogen-bond donors (Lipinski definition) is 2. The Bertz CT molecular complexity index is 237. The van der Waals surface area contributed by atoms with E-state index in [-0.39, 0.29) is 11.0 Å². The first-order valence-corrected chi connectivity index (χ1v) is 2.91. The molecule has 0 spiro atoms. The first-order chi connectivity index (χ1) is 5.11. The lowest BCUT2D eigenvalue weighted by molar-refractivity contribution is 0.421. The summed E-state index contributed by atoms with van der Waals surface area (Å²) in [7, 11) is -1.61. The second-order valence-corrected chi connectivity index (χ2v) is 1.86. The van der Waals surface area contributed by atoms with Gasteiger partial charge in [0.1, 0.15) is 0 Å². The Labute approximate surface area is 65.7 Å². The molecule has 0 saturated carbocycles. The Morgan fingerprint density at radius 3 is 2.36 bits per heavy atom. The van der Waals surface area contributed by atoms with Crippen molar-refractivity contribution in [1.29, 1.82) is 5.26 Å². The van der Waals surface area contributed by atoms with Crippen molar-refractivity contribution in [2.24, 2.45) is 0 Å². The predicted molar refractivity (Wildman–Crippen MR) is 43.2 cm³/mol. The summed E-state index contributed by atoms with van der Waals surface area (Å²) in [5, 5.41) is 25.4. The highest BCUT2D eigenvalue weighted by atomic mass is 16.4. The van der Waals surface area contributed by atoms with Crippen LogP contribution in [0, 0.1) is 11.3 Å². The fraction of sp³-hybridized carbons (Fsp3) is 0. The summed E-state index contributed by atoms with van der Waals surface area (Å²) in [4.78, 5) is 0. The molecule has 0 fully saturated rings. The maximum atomic E-state index is 8.53. The zero-order valence-corrected chi connectivity index (χ0v) is 5.99. The normalized spacial score (nSPS) is 10.1. The van der Waals surface area contributed by atoms with E-state index >= 15 is 0 Å². The first kappa shape index (κ1) is 9.69. The highest BCUT2D eigenvalue weighted by Gasteiger charge is 2.09. The first-order valence-electron chi connectivity index (χ1n) is 2.91. The highest BCUT2D eigenvalue weighted by Crippen LogP contribution is 2.01. The van der Waals surface area contributed by atoms with E-state index in [1.165, 1.54) is 12.2 Å². The van der Waals surface area contributed by atoms with Crippen molar-refractivity contribution in [1.82, 2.24) is 0 Å². The molecule has 0 unspecified atom stereocenters. The molecule has 0 aromatic carbocycles. The largest absolute Gasteiger partial charge is 0.487 e. The van der Waals surface area contributed by atoms with Gasteiger partial charge in [0, 0.05) is 0 Å². The summed E-state index contributed by atoms with van der Waals surface area (Å²) < 4.78 is 0. The molecule has 0 bridgehead atoms. The van der Waals surface area contributed by atoms with Gasteiger partial charge in [0.25, 0.3) is 0 Å². The van der Waals surface area contributed by atoms with Crippen LogP contribution in [0.15, 0.2) is 36.4 Å². The molecular formula is C7H8BNO2. The molecule has 0 rings (SSSR count). The molecule has 0 amide bonds. The van der Waals surface area contributed by atoms with Gasteiger partial charge < -0.3 is 10.0 Å². The van der Waals surface area contributed by atoms with Crippen molar-refractivity contribution in [2.45, 2.75) is 0 Å². The average Bonchev–Trinajstić information content (AvgIpc) is 1.99. The third-order valence-electron chi connectivity index (χ3n) is 1.02. The van der Waals surface area contributed by atoms with Crippen molar-refractivity contribution < 1.29 is 10.0 Å². The predicted octanol–water partition coefficient (Wildman–Crippen LogP) is 0.191.